The quantitative estimate of drug-likeness (QED) is 0.243. The summed E-state index contributed by atoms with van der Waals surface area (Å²) < 4.78 is 0. The number of aliphatic imine (C=N–C) groups is 3. The van der Waals surface area contributed by atoms with Crippen molar-refractivity contribution in [2.45, 2.75) is 0 Å². The van der Waals surface area contributed by atoms with Crippen molar-refractivity contribution < 1.29 is 0 Å². The summed E-state index contributed by atoms with van der Waals surface area (Å²) >= 11 is 19.8. The van der Waals surface area contributed by atoms with E-state index >= 15 is 0 Å². The lowest BCUT2D eigenvalue weighted by Gasteiger charge is -2.08. The predicted molar refractivity (Wildman–Crippen MR) is 142 cm³/mol. The molecular weight excluding hydrogens is 473 g/mol. The molecule has 0 amide bonds. The van der Waals surface area contributed by atoms with Crippen LogP contribution >= 0.6 is 34.8 Å². The minimum Gasteiger partial charge on any atom is -0.236 e. The van der Waals surface area contributed by atoms with Gasteiger partial charge in [-0.05, 0) is 54.6 Å². The molecule has 0 saturated carbocycles. The Morgan fingerprint density at radius 2 is 0.636 bits per heavy atom. The first-order valence-electron chi connectivity index (χ1n) is 10.1. The second kappa shape index (κ2) is 11.1. The van der Waals surface area contributed by atoms with Gasteiger partial charge in [0.2, 0.25) is 0 Å². The second-order valence-electron chi connectivity index (χ2n) is 7.01. The van der Waals surface area contributed by atoms with E-state index in [0.29, 0.717) is 32.2 Å². The second-order valence-corrected chi connectivity index (χ2v) is 8.09. The van der Waals surface area contributed by atoms with Crippen molar-refractivity contribution in [3.8, 4) is 0 Å². The summed E-state index contributed by atoms with van der Waals surface area (Å²) in [6.07, 6.45) is 0. The Labute approximate surface area is 207 Å². The number of para-hydroxylation sites is 3. The summed E-state index contributed by atoms with van der Waals surface area (Å²) in [6, 6.07) is 33.9. The van der Waals surface area contributed by atoms with Gasteiger partial charge >= 0.3 is 0 Å². The van der Waals surface area contributed by atoms with E-state index in [1.54, 1.807) is 0 Å². The molecule has 0 atom stereocenters. The lowest BCUT2D eigenvalue weighted by atomic mass is 10.1. The summed E-state index contributed by atoms with van der Waals surface area (Å²) in [5.41, 5.74) is 4.16. The molecule has 0 aliphatic carbocycles. The van der Waals surface area contributed by atoms with Crippen LogP contribution < -0.4 is 0 Å². The summed E-state index contributed by atoms with van der Waals surface area (Å²) in [6.45, 7) is 0. The van der Waals surface area contributed by atoms with Crippen molar-refractivity contribution in [1.82, 2.24) is 0 Å². The highest BCUT2D eigenvalue weighted by Gasteiger charge is 2.12. The van der Waals surface area contributed by atoms with Crippen molar-refractivity contribution in [3.63, 3.8) is 0 Å². The van der Waals surface area contributed by atoms with Crippen LogP contribution in [0.4, 0.5) is 17.1 Å². The number of rotatable bonds is 6. The molecule has 0 aliphatic heterocycles. The first kappa shape index (κ1) is 22.9. The van der Waals surface area contributed by atoms with E-state index in [4.69, 9.17) is 34.8 Å². The molecule has 0 saturated heterocycles. The van der Waals surface area contributed by atoms with Crippen LogP contribution in [-0.2, 0) is 0 Å². The molecule has 162 valence electrons. The summed E-state index contributed by atoms with van der Waals surface area (Å²) in [5.74, 6) is 0. The zero-order valence-corrected chi connectivity index (χ0v) is 19.6. The van der Waals surface area contributed by atoms with E-state index in [2.05, 4.69) is 15.0 Å². The van der Waals surface area contributed by atoms with Crippen LogP contribution in [0.2, 0.25) is 0 Å². The predicted octanol–water partition coefficient (Wildman–Crippen LogP) is 8.64. The molecule has 0 heterocycles. The smallest absolute Gasteiger partial charge is 0.136 e. The summed E-state index contributed by atoms with van der Waals surface area (Å²) in [5, 5.41) is 0.910. The van der Waals surface area contributed by atoms with Crippen LogP contribution in [-0.4, -0.2) is 15.5 Å². The Kier molecular flexibility index (Phi) is 7.69. The molecular formula is C27H18Cl3N3. The van der Waals surface area contributed by atoms with E-state index in [1.807, 2.05) is 109 Å². The first-order chi connectivity index (χ1) is 16.1. The third-order valence-electron chi connectivity index (χ3n) is 4.60. The highest BCUT2D eigenvalue weighted by atomic mass is 35.5. The highest BCUT2D eigenvalue weighted by molar-refractivity contribution is 6.72. The van der Waals surface area contributed by atoms with Crippen LogP contribution in [0.3, 0.4) is 0 Å². The lowest BCUT2D eigenvalue weighted by molar-refractivity contribution is 1.48. The lowest BCUT2D eigenvalue weighted by Crippen LogP contribution is -2.02. The van der Waals surface area contributed by atoms with Gasteiger partial charge in [0.05, 0.1) is 17.1 Å². The molecule has 0 bridgehead atoms. The van der Waals surface area contributed by atoms with Gasteiger partial charge in [-0.2, -0.15) is 0 Å². The minimum atomic E-state index is 0.303. The van der Waals surface area contributed by atoms with Gasteiger partial charge in [0.1, 0.15) is 15.5 Å². The fourth-order valence-electron chi connectivity index (χ4n) is 3.03. The summed E-state index contributed by atoms with van der Waals surface area (Å²) in [4.78, 5) is 13.5. The molecule has 0 aromatic heterocycles. The monoisotopic (exact) mass is 489 g/mol. The molecule has 0 fully saturated rings. The normalized spacial score (nSPS) is 12.6. The Bertz CT molecular complexity index is 1140. The average Bonchev–Trinajstić information content (AvgIpc) is 2.85. The van der Waals surface area contributed by atoms with E-state index in [-0.39, 0.29) is 0 Å². The molecule has 0 radical (unpaired) electrons. The van der Waals surface area contributed by atoms with Crippen molar-refractivity contribution in [2.24, 2.45) is 15.0 Å². The van der Waals surface area contributed by atoms with Crippen LogP contribution in [0.25, 0.3) is 0 Å². The zero-order chi connectivity index (χ0) is 23.0. The molecule has 4 rings (SSSR count). The topological polar surface area (TPSA) is 37.1 Å². The zero-order valence-electron chi connectivity index (χ0n) is 17.4. The van der Waals surface area contributed by atoms with Crippen molar-refractivity contribution in [1.29, 1.82) is 0 Å². The molecule has 33 heavy (non-hydrogen) atoms. The maximum Gasteiger partial charge on any atom is 0.136 e. The number of benzene rings is 4. The van der Waals surface area contributed by atoms with Gasteiger partial charge in [0.15, 0.2) is 0 Å². The standard InChI is InChI=1S/C27H18Cl3N3/c28-25(31-22-10-4-1-5-11-22)19-16-20(26(29)32-23-12-6-2-7-13-23)18-21(17-19)27(30)33-24-14-8-3-9-15-24/h1-18H. The molecule has 0 unspecified atom stereocenters. The third-order valence-corrected chi connectivity index (χ3v) is 5.51. The molecule has 0 aliphatic rings. The van der Waals surface area contributed by atoms with Gasteiger partial charge in [-0.15, -0.1) is 0 Å². The Morgan fingerprint density at radius 1 is 0.394 bits per heavy atom. The average molecular weight is 491 g/mol. The van der Waals surface area contributed by atoms with Crippen molar-refractivity contribution >= 4 is 67.4 Å². The molecule has 4 aromatic carbocycles. The number of hydrogen-bond acceptors (Lipinski definition) is 3. The van der Waals surface area contributed by atoms with Crippen molar-refractivity contribution in [2.75, 3.05) is 0 Å². The van der Waals surface area contributed by atoms with E-state index in [0.717, 1.165) is 17.1 Å². The Hall–Kier alpha value is -3.24. The largest absolute Gasteiger partial charge is 0.236 e. The molecule has 6 heteroatoms. The van der Waals surface area contributed by atoms with E-state index in [1.165, 1.54) is 0 Å². The van der Waals surface area contributed by atoms with E-state index in [9.17, 15) is 0 Å². The molecule has 3 nitrogen and oxygen atoms in total. The highest BCUT2D eigenvalue weighted by Crippen LogP contribution is 2.23. The van der Waals surface area contributed by atoms with Gasteiger partial charge in [-0.3, -0.25) is 0 Å². The van der Waals surface area contributed by atoms with Gasteiger partial charge in [-0.25, -0.2) is 15.0 Å². The number of hydrogen-bond donors (Lipinski definition) is 0. The first-order valence-corrected chi connectivity index (χ1v) is 11.3. The maximum atomic E-state index is 6.60. The third kappa shape index (κ3) is 6.39. The fourth-order valence-corrected chi connectivity index (χ4v) is 3.65. The molecule has 0 N–H and O–H groups in total. The summed E-state index contributed by atoms with van der Waals surface area (Å²) in [7, 11) is 0. The van der Waals surface area contributed by atoms with Gasteiger partial charge in [0.25, 0.3) is 0 Å². The van der Waals surface area contributed by atoms with Gasteiger partial charge in [0, 0.05) is 16.7 Å². The van der Waals surface area contributed by atoms with Crippen LogP contribution in [0.5, 0.6) is 0 Å². The van der Waals surface area contributed by atoms with E-state index < -0.39 is 0 Å². The molecule has 4 aromatic rings. The maximum absolute atomic E-state index is 6.60. The fraction of sp³-hybridized carbons (Fsp3) is 0. The molecule has 0 spiro atoms. The number of halogens is 3. The van der Waals surface area contributed by atoms with Crippen molar-refractivity contribution in [3.05, 3.63) is 126 Å². The number of nitrogens with zero attached hydrogens (tertiary/aromatic N) is 3. The van der Waals surface area contributed by atoms with Gasteiger partial charge in [-0.1, -0.05) is 89.4 Å². The Balaban J connectivity index is 1.80. The SMILES string of the molecule is ClC(=Nc1ccccc1)c1cc(C(Cl)=Nc2ccccc2)cc(C(Cl)=Nc2ccccc2)c1. The minimum absolute atomic E-state index is 0.303. The van der Waals surface area contributed by atoms with Crippen LogP contribution in [0, 0.1) is 0 Å². The van der Waals surface area contributed by atoms with Crippen LogP contribution in [0.15, 0.2) is 124 Å². The Morgan fingerprint density at radius 3 is 0.879 bits per heavy atom. The van der Waals surface area contributed by atoms with Gasteiger partial charge < -0.3 is 0 Å². The van der Waals surface area contributed by atoms with Crippen LogP contribution in [0.1, 0.15) is 16.7 Å².